The van der Waals surface area contributed by atoms with Crippen LogP contribution in [0.5, 0.6) is 0 Å². The number of carbonyl (C=O) groups is 3. The molecule has 0 aromatic rings. The minimum Gasteiger partial charge on any atom is -0.462 e. The van der Waals surface area contributed by atoms with Crippen molar-refractivity contribution in [3.63, 3.8) is 0 Å². The van der Waals surface area contributed by atoms with Crippen molar-refractivity contribution in [3.05, 3.63) is 0 Å². The van der Waals surface area contributed by atoms with Crippen LogP contribution in [0.25, 0.3) is 0 Å². The molecule has 65 heavy (non-hydrogen) atoms. The van der Waals surface area contributed by atoms with Crippen LogP contribution in [0.15, 0.2) is 0 Å². The minimum atomic E-state index is -0.760. The van der Waals surface area contributed by atoms with Gasteiger partial charge in [-0.25, -0.2) is 0 Å². The number of hydrogen-bond donors (Lipinski definition) is 0. The van der Waals surface area contributed by atoms with Crippen molar-refractivity contribution in [2.45, 2.75) is 348 Å². The summed E-state index contributed by atoms with van der Waals surface area (Å²) >= 11 is 0. The molecule has 0 radical (unpaired) electrons. The lowest BCUT2D eigenvalue weighted by atomic mass is 10.0. The van der Waals surface area contributed by atoms with Crippen molar-refractivity contribution in [2.24, 2.45) is 0 Å². The Hall–Kier alpha value is -1.59. The molecule has 0 aromatic carbocycles. The summed E-state index contributed by atoms with van der Waals surface area (Å²) < 4.78 is 16.9. The zero-order chi connectivity index (χ0) is 47.2. The minimum absolute atomic E-state index is 0.0611. The molecule has 1 atom stereocenters. The largest absolute Gasteiger partial charge is 0.462 e. The van der Waals surface area contributed by atoms with E-state index in [9.17, 15) is 14.4 Å². The van der Waals surface area contributed by atoms with Crippen molar-refractivity contribution < 1.29 is 28.6 Å². The summed E-state index contributed by atoms with van der Waals surface area (Å²) in [5, 5.41) is 0. The Morgan fingerprint density at radius 2 is 0.415 bits per heavy atom. The fraction of sp³-hybridized carbons (Fsp3) is 0.949. The quantitative estimate of drug-likeness (QED) is 0.0344. The fourth-order valence-corrected chi connectivity index (χ4v) is 9.15. The maximum Gasteiger partial charge on any atom is 0.306 e. The first kappa shape index (κ1) is 63.4. The first-order valence-corrected chi connectivity index (χ1v) is 29.5. The molecule has 0 rings (SSSR count). The van der Waals surface area contributed by atoms with Crippen molar-refractivity contribution in [1.29, 1.82) is 0 Å². The third kappa shape index (κ3) is 53.2. The highest BCUT2D eigenvalue weighted by molar-refractivity contribution is 5.71. The maximum atomic E-state index is 12.8. The molecule has 1 unspecified atom stereocenters. The van der Waals surface area contributed by atoms with E-state index in [1.807, 2.05) is 0 Å². The average Bonchev–Trinajstić information content (AvgIpc) is 3.30. The molecule has 0 saturated carbocycles. The van der Waals surface area contributed by atoms with Gasteiger partial charge in [-0.05, 0) is 19.3 Å². The van der Waals surface area contributed by atoms with Gasteiger partial charge in [0.25, 0.3) is 0 Å². The zero-order valence-electron chi connectivity index (χ0n) is 44.3. The van der Waals surface area contributed by atoms with Crippen LogP contribution in [0.2, 0.25) is 0 Å². The standard InChI is InChI=1S/C59H114O6/c1-4-7-10-13-16-19-22-25-27-28-29-30-31-32-33-35-37-40-43-46-49-52-58(61)64-55-56(54-63-57(60)51-48-45-42-39-36-24-21-18-15-12-9-6-3)65-59(62)53-50-47-44-41-38-34-26-23-20-17-14-11-8-5-2/h56H,4-55H2,1-3H3. The number of carbonyl (C=O) groups excluding carboxylic acids is 3. The van der Waals surface area contributed by atoms with Gasteiger partial charge in [0, 0.05) is 19.3 Å². The third-order valence-corrected chi connectivity index (χ3v) is 13.6. The zero-order valence-corrected chi connectivity index (χ0v) is 44.3. The Morgan fingerprint density at radius 1 is 0.246 bits per heavy atom. The monoisotopic (exact) mass is 919 g/mol. The molecule has 0 aliphatic carbocycles. The van der Waals surface area contributed by atoms with Crippen LogP contribution >= 0.6 is 0 Å². The van der Waals surface area contributed by atoms with Gasteiger partial charge >= 0.3 is 17.9 Å². The summed E-state index contributed by atoms with van der Waals surface area (Å²) in [6, 6.07) is 0. The Morgan fingerprint density at radius 3 is 0.615 bits per heavy atom. The summed E-state index contributed by atoms with van der Waals surface area (Å²) in [7, 11) is 0. The van der Waals surface area contributed by atoms with E-state index in [2.05, 4.69) is 20.8 Å². The first-order chi connectivity index (χ1) is 32.0. The molecule has 6 nitrogen and oxygen atoms in total. The molecule has 0 aliphatic heterocycles. The van der Waals surface area contributed by atoms with Gasteiger partial charge in [0.15, 0.2) is 6.10 Å². The Bertz CT molecular complexity index is 967. The van der Waals surface area contributed by atoms with E-state index >= 15 is 0 Å². The lowest BCUT2D eigenvalue weighted by molar-refractivity contribution is -0.167. The smallest absolute Gasteiger partial charge is 0.306 e. The second-order valence-corrected chi connectivity index (χ2v) is 20.3. The lowest BCUT2D eigenvalue weighted by Gasteiger charge is -2.18. The molecule has 0 fully saturated rings. The van der Waals surface area contributed by atoms with E-state index in [1.54, 1.807) is 0 Å². The van der Waals surface area contributed by atoms with Gasteiger partial charge in [0.05, 0.1) is 0 Å². The average molecular weight is 920 g/mol. The Balaban J connectivity index is 4.22. The van der Waals surface area contributed by atoms with Crippen LogP contribution in [0.4, 0.5) is 0 Å². The normalized spacial score (nSPS) is 11.9. The lowest BCUT2D eigenvalue weighted by Crippen LogP contribution is -2.30. The molecule has 0 bridgehead atoms. The Kier molecular flexibility index (Phi) is 53.7. The highest BCUT2D eigenvalue weighted by Gasteiger charge is 2.19. The van der Waals surface area contributed by atoms with Gasteiger partial charge in [-0.15, -0.1) is 0 Å². The molecule has 0 saturated heterocycles. The molecule has 0 heterocycles. The van der Waals surface area contributed by atoms with Crippen molar-refractivity contribution in [3.8, 4) is 0 Å². The molecule has 386 valence electrons. The van der Waals surface area contributed by atoms with Gasteiger partial charge < -0.3 is 14.2 Å². The highest BCUT2D eigenvalue weighted by Crippen LogP contribution is 2.18. The number of esters is 3. The van der Waals surface area contributed by atoms with Crippen molar-refractivity contribution >= 4 is 17.9 Å². The summed E-state index contributed by atoms with van der Waals surface area (Å²) in [4.78, 5) is 38.1. The summed E-state index contributed by atoms with van der Waals surface area (Å²) in [6.45, 7) is 6.70. The summed E-state index contributed by atoms with van der Waals surface area (Å²) in [5.74, 6) is -0.832. The van der Waals surface area contributed by atoms with E-state index < -0.39 is 6.10 Å². The number of rotatable bonds is 55. The molecule has 6 heteroatoms. The molecule has 0 amide bonds. The van der Waals surface area contributed by atoms with Crippen molar-refractivity contribution in [2.75, 3.05) is 13.2 Å². The first-order valence-electron chi connectivity index (χ1n) is 29.5. The molecule has 0 spiro atoms. The van der Waals surface area contributed by atoms with E-state index in [1.165, 1.54) is 244 Å². The van der Waals surface area contributed by atoms with E-state index in [-0.39, 0.29) is 31.1 Å². The van der Waals surface area contributed by atoms with Gasteiger partial charge in [0.2, 0.25) is 0 Å². The van der Waals surface area contributed by atoms with E-state index in [4.69, 9.17) is 14.2 Å². The molecular formula is C59H114O6. The van der Waals surface area contributed by atoms with Crippen LogP contribution in [0.3, 0.4) is 0 Å². The second-order valence-electron chi connectivity index (χ2n) is 20.3. The number of hydrogen-bond acceptors (Lipinski definition) is 6. The SMILES string of the molecule is CCCCCCCCCCCCCCCCCCCCCCCC(=O)OCC(COC(=O)CCCCCCCCCCCCCC)OC(=O)CCCCCCCCCCCCCCCC. The molecular weight excluding hydrogens is 805 g/mol. The molecule has 0 aromatic heterocycles. The topological polar surface area (TPSA) is 78.9 Å². The van der Waals surface area contributed by atoms with E-state index in [0.29, 0.717) is 19.3 Å². The van der Waals surface area contributed by atoms with Crippen LogP contribution in [-0.2, 0) is 28.6 Å². The van der Waals surface area contributed by atoms with E-state index in [0.717, 1.165) is 57.8 Å². The summed E-state index contributed by atoms with van der Waals surface area (Å²) in [5.41, 5.74) is 0. The van der Waals surface area contributed by atoms with Gasteiger partial charge in [-0.1, -0.05) is 303 Å². The highest BCUT2D eigenvalue weighted by atomic mass is 16.6. The van der Waals surface area contributed by atoms with Crippen LogP contribution in [0, 0.1) is 0 Å². The fourth-order valence-electron chi connectivity index (χ4n) is 9.15. The maximum absolute atomic E-state index is 12.8. The predicted molar refractivity (Wildman–Crippen MR) is 280 cm³/mol. The van der Waals surface area contributed by atoms with Gasteiger partial charge in [0.1, 0.15) is 13.2 Å². The number of unbranched alkanes of at least 4 members (excludes halogenated alkanes) is 44. The molecule has 0 N–H and O–H groups in total. The third-order valence-electron chi connectivity index (χ3n) is 13.6. The van der Waals surface area contributed by atoms with Crippen LogP contribution in [-0.4, -0.2) is 37.2 Å². The number of ether oxygens (including phenoxy) is 3. The predicted octanol–water partition coefficient (Wildman–Crippen LogP) is 19.5. The van der Waals surface area contributed by atoms with Gasteiger partial charge in [-0.2, -0.15) is 0 Å². The molecule has 0 aliphatic rings. The summed E-state index contributed by atoms with van der Waals surface area (Å²) in [6.07, 6.45) is 61.0. The second kappa shape index (κ2) is 55.0. The van der Waals surface area contributed by atoms with Crippen molar-refractivity contribution in [1.82, 2.24) is 0 Å². The van der Waals surface area contributed by atoms with Crippen LogP contribution < -0.4 is 0 Å². The Labute approximate surface area is 406 Å². The van der Waals surface area contributed by atoms with Crippen LogP contribution in [0.1, 0.15) is 342 Å². The van der Waals surface area contributed by atoms with Gasteiger partial charge in [-0.3, -0.25) is 14.4 Å².